The smallest absolute Gasteiger partial charge is 0.325 e. The van der Waals surface area contributed by atoms with Crippen molar-refractivity contribution in [3.63, 3.8) is 0 Å². The maximum Gasteiger partial charge on any atom is 0.325 e. The highest BCUT2D eigenvalue weighted by Gasteiger charge is 2.22. The lowest BCUT2D eigenvalue weighted by Crippen LogP contribution is -2.30. The number of esters is 1. The van der Waals surface area contributed by atoms with Gasteiger partial charge in [0.2, 0.25) is 0 Å². The van der Waals surface area contributed by atoms with Crippen LogP contribution in [0.1, 0.15) is 45.4 Å². The number of fused-ring (bicyclic) bond motifs is 1. The number of nitrogens with one attached hydrogen (secondary N) is 1. The molecule has 132 valence electrons. The Morgan fingerprint density at radius 2 is 2.08 bits per heavy atom. The number of amides is 1. The molecule has 1 atom stereocenters. The van der Waals surface area contributed by atoms with Gasteiger partial charge in [0.1, 0.15) is 13.2 Å². The normalized spacial score (nSPS) is 16.1. The number of rotatable bonds is 6. The van der Waals surface area contributed by atoms with E-state index in [1.54, 1.807) is 11.3 Å². The van der Waals surface area contributed by atoms with E-state index in [0.29, 0.717) is 4.88 Å². The lowest BCUT2D eigenvalue weighted by Gasteiger charge is -2.19. The fourth-order valence-electron chi connectivity index (χ4n) is 3.09. The van der Waals surface area contributed by atoms with Crippen molar-refractivity contribution in [3.8, 4) is 0 Å². The second-order valence-corrected chi connectivity index (χ2v) is 7.54. The summed E-state index contributed by atoms with van der Waals surface area (Å²) >= 11 is 1.55. The highest BCUT2D eigenvalue weighted by atomic mass is 32.1. The number of carbonyl (C=O) groups is 2. The van der Waals surface area contributed by atoms with E-state index >= 15 is 0 Å². The Morgan fingerprint density at radius 3 is 2.84 bits per heavy atom. The molecule has 1 amide bonds. The topological polar surface area (TPSA) is 55.4 Å². The van der Waals surface area contributed by atoms with Crippen molar-refractivity contribution in [1.82, 2.24) is 5.32 Å². The molecule has 0 aliphatic heterocycles. The van der Waals surface area contributed by atoms with Crippen LogP contribution in [0.2, 0.25) is 0 Å². The summed E-state index contributed by atoms with van der Waals surface area (Å²) < 4.78 is 5.17. The quantitative estimate of drug-likeness (QED) is 0.802. The maximum atomic E-state index is 12.3. The molecule has 0 fully saturated rings. The number of benzene rings is 1. The number of ether oxygens (including phenoxy) is 1. The van der Waals surface area contributed by atoms with E-state index in [0.717, 1.165) is 24.3 Å². The predicted molar refractivity (Wildman–Crippen MR) is 98.7 cm³/mol. The molecule has 1 unspecified atom stereocenters. The van der Waals surface area contributed by atoms with Gasteiger partial charge in [-0.15, -0.1) is 11.3 Å². The van der Waals surface area contributed by atoms with Crippen LogP contribution in [0.3, 0.4) is 0 Å². The Kier molecular flexibility index (Phi) is 5.87. The highest BCUT2D eigenvalue weighted by Crippen LogP contribution is 2.33. The Labute approximate surface area is 152 Å². The number of hydrogen-bond donors (Lipinski definition) is 1. The third-order valence-electron chi connectivity index (χ3n) is 4.62. The van der Waals surface area contributed by atoms with Gasteiger partial charge in [-0.25, -0.2) is 0 Å². The Bertz CT molecular complexity index is 739. The van der Waals surface area contributed by atoms with Gasteiger partial charge in [0.15, 0.2) is 0 Å². The van der Waals surface area contributed by atoms with Crippen LogP contribution in [0.25, 0.3) is 0 Å². The lowest BCUT2D eigenvalue weighted by molar-refractivity contribution is -0.143. The minimum Gasteiger partial charge on any atom is -0.460 e. The summed E-state index contributed by atoms with van der Waals surface area (Å²) in [6.07, 6.45) is 4.51. The van der Waals surface area contributed by atoms with Gasteiger partial charge in [-0.3, -0.25) is 9.59 Å². The van der Waals surface area contributed by atoms with E-state index in [-0.39, 0.29) is 19.1 Å². The average molecular weight is 357 g/mol. The van der Waals surface area contributed by atoms with Gasteiger partial charge in [-0.05, 0) is 42.4 Å². The molecule has 1 N–H and O–H groups in total. The molecular formula is C20H23NO3S. The molecule has 4 nitrogen and oxygen atoms in total. The number of thiophene rings is 1. The zero-order valence-electron chi connectivity index (χ0n) is 14.4. The van der Waals surface area contributed by atoms with E-state index in [2.05, 4.69) is 12.2 Å². The fourth-order valence-corrected chi connectivity index (χ4v) is 4.21. The van der Waals surface area contributed by atoms with E-state index in [1.165, 1.54) is 23.3 Å². The number of aryl methyl sites for hydroxylation is 1. The average Bonchev–Trinajstić information content (AvgIpc) is 3.08. The minimum atomic E-state index is -0.426. The van der Waals surface area contributed by atoms with Crippen LogP contribution in [0.15, 0.2) is 36.4 Å². The van der Waals surface area contributed by atoms with Crippen LogP contribution in [0.5, 0.6) is 0 Å². The minimum absolute atomic E-state index is 0.105. The molecule has 2 aromatic rings. The van der Waals surface area contributed by atoms with Crippen LogP contribution in [-0.2, 0) is 29.0 Å². The summed E-state index contributed by atoms with van der Waals surface area (Å²) in [6.45, 7) is 2.34. The van der Waals surface area contributed by atoms with Crippen LogP contribution in [-0.4, -0.2) is 18.4 Å². The molecule has 1 aliphatic carbocycles. The van der Waals surface area contributed by atoms with Crippen LogP contribution in [0.4, 0.5) is 0 Å². The number of carbonyl (C=O) groups excluding carboxylic acids is 2. The van der Waals surface area contributed by atoms with Gasteiger partial charge in [0, 0.05) is 4.88 Å². The van der Waals surface area contributed by atoms with Crippen molar-refractivity contribution in [2.75, 3.05) is 6.54 Å². The largest absolute Gasteiger partial charge is 0.460 e. The monoisotopic (exact) mass is 357 g/mol. The van der Waals surface area contributed by atoms with Crippen molar-refractivity contribution >= 4 is 23.2 Å². The summed E-state index contributed by atoms with van der Waals surface area (Å²) in [4.78, 5) is 26.1. The molecular weight excluding hydrogens is 334 g/mol. The molecule has 1 heterocycles. The van der Waals surface area contributed by atoms with Crippen molar-refractivity contribution in [2.24, 2.45) is 5.92 Å². The van der Waals surface area contributed by atoms with Crippen LogP contribution in [0, 0.1) is 5.92 Å². The fraction of sp³-hybridized carbons (Fsp3) is 0.400. The van der Waals surface area contributed by atoms with Gasteiger partial charge in [0.05, 0.1) is 4.88 Å². The van der Waals surface area contributed by atoms with E-state index in [1.807, 2.05) is 36.4 Å². The van der Waals surface area contributed by atoms with Crippen LogP contribution < -0.4 is 5.32 Å². The second-order valence-electron chi connectivity index (χ2n) is 6.41. The first kappa shape index (κ1) is 17.7. The Morgan fingerprint density at radius 1 is 1.28 bits per heavy atom. The van der Waals surface area contributed by atoms with Gasteiger partial charge >= 0.3 is 5.97 Å². The Hall–Kier alpha value is -2.14. The van der Waals surface area contributed by atoms with Gasteiger partial charge < -0.3 is 10.1 Å². The van der Waals surface area contributed by atoms with E-state index < -0.39 is 5.97 Å². The van der Waals surface area contributed by atoms with Crippen LogP contribution >= 0.6 is 11.3 Å². The summed E-state index contributed by atoms with van der Waals surface area (Å²) in [5.74, 6) is 0.111. The standard InChI is InChI=1S/C20H23NO3S/c1-2-14-8-9-17-16(10-14)11-18(25-17)20(23)21-12-19(22)24-13-15-6-4-3-5-7-15/h3-7,11,14H,2,8-10,12-13H2,1H3,(H,21,23). The summed E-state index contributed by atoms with van der Waals surface area (Å²) in [5.41, 5.74) is 2.23. The van der Waals surface area contributed by atoms with Crippen molar-refractivity contribution < 1.29 is 14.3 Å². The molecule has 0 saturated carbocycles. The first-order chi connectivity index (χ1) is 12.2. The molecule has 0 saturated heterocycles. The van der Waals surface area contributed by atoms with Crippen molar-refractivity contribution in [1.29, 1.82) is 0 Å². The molecule has 0 bridgehead atoms. The number of hydrogen-bond acceptors (Lipinski definition) is 4. The van der Waals surface area contributed by atoms with Gasteiger partial charge in [-0.2, -0.15) is 0 Å². The lowest BCUT2D eigenvalue weighted by atomic mass is 9.87. The first-order valence-electron chi connectivity index (χ1n) is 8.75. The zero-order valence-corrected chi connectivity index (χ0v) is 15.2. The Balaban J connectivity index is 1.48. The summed E-state index contributed by atoms with van der Waals surface area (Å²) in [5, 5.41) is 2.67. The molecule has 1 aromatic heterocycles. The molecule has 1 aliphatic rings. The third kappa shape index (κ3) is 4.69. The maximum absolute atomic E-state index is 12.3. The zero-order chi connectivity index (χ0) is 17.6. The molecule has 5 heteroatoms. The van der Waals surface area contributed by atoms with E-state index in [4.69, 9.17) is 4.74 Å². The molecule has 25 heavy (non-hydrogen) atoms. The molecule has 0 radical (unpaired) electrons. The SMILES string of the molecule is CCC1CCc2sc(C(=O)NCC(=O)OCc3ccccc3)cc2C1. The molecule has 0 spiro atoms. The van der Waals surface area contributed by atoms with Crippen molar-refractivity contribution in [2.45, 2.75) is 39.2 Å². The molecule has 3 rings (SSSR count). The van der Waals surface area contributed by atoms with E-state index in [9.17, 15) is 9.59 Å². The third-order valence-corrected chi connectivity index (χ3v) is 5.86. The summed E-state index contributed by atoms with van der Waals surface area (Å²) in [6, 6.07) is 11.5. The van der Waals surface area contributed by atoms with Crippen molar-refractivity contribution in [3.05, 3.63) is 57.3 Å². The predicted octanol–water partition coefficient (Wildman–Crippen LogP) is 3.74. The van der Waals surface area contributed by atoms with Gasteiger partial charge in [0.25, 0.3) is 5.91 Å². The van der Waals surface area contributed by atoms with Gasteiger partial charge in [-0.1, -0.05) is 43.7 Å². The second kappa shape index (κ2) is 8.30. The highest BCUT2D eigenvalue weighted by molar-refractivity contribution is 7.14. The first-order valence-corrected chi connectivity index (χ1v) is 9.56. The molecule has 1 aromatic carbocycles. The summed E-state index contributed by atoms with van der Waals surface area (Å²) in [7, 11) is 0.